The average molecular weight is 381 g/mol. The number of aliphatic hydroxyl groups is 1. The van der Waals surface area contributed by atoms with Crippen molar-refractivity contribution < 1.29 is 9.90 Å². The van der Waals surface area contributed by atoms with E-state index in [1.807, 2.05) is 0 Å². The number of amides is 1. The number of likely N-dealkylation sites (tertiary alicyclic amines) is 1. The molecule has 2 rings (SSSR count). The molecule has 1 aliphatic heterocycles. The molecule has 4 N–H and O–H groups in total. The van der Waals surface area contributed by atoms with Gasteiger partial charge in [0.2, 0.25) is 0 Å². The van der Waals surface area contributed by atoms with Crippen molar-refractivity contribution in [1.29, 1.82) is 5.41 Å². The van der Waals surface area contributed by atoms with Gasteiger partial charge in [0.15, 0.2) is 5.96 Å². The number of hydrogen-bond donors (Lipinski definition) is 4. The van der Waals surface area contributed by atoms with E-state index in [0.29, 0.717) is 17.1 Å². The molecule has 1 unspecified atom stereocenters. The highest BCUT2D eigenvalue weighted by Crippen LogP contribution is 2.38. The van der Waals surface area contributed by atoms with Crippen LogP contribution in [-0.4, -0.2) is 52.1 Å². The lowest BCUT2D eigenvalue weighted by atomic mass is 9.76. The molecule has 1 heterocycles. The number of rotatable bonds is 4. The van der Waals surface area contributed by atoms with Gasteiger partial charge in [-0.3, -0.25) is 20.4 Å². The van der Waals surface area contributed by atoms with Crippen LogP contribution in [0.1, 0.15) is 50.9 Å². The molecule has 144 valence electrons. The summed E-state index contributed by atoms with van der Waals surface area (Å²) in [7, 11) is 0. The van der Waals surface area contributed by atoms with Gasteiger partial charge in [-0.15, -0.1) is 0 Å². The van der Waals surface area contributed by atoms with Crippen molar-refractivity contribution in [3.63, 3.8) is 0 Å². The molecular weight excluding hydrogens is 352 g/mol. The van der Waals surface area contributed by atoms with E-state index in [2.05, 4.69) is 43.2 Å². The molecule has 0 bridgehead atoms. The minimum absolute atomic E-state index is 0.0138. The molecule has 26 heavy (non-hydrogen) atoms. The number of carbonyl (C=O) groups is 1. The number of β-amino-alcohol motifs (C(OH)–C–C–N with tert-alkyl or cyclic N) is 1. The molecule has 1 fully saturated rings. The van der Waals surface area contributed by atoms with E-state index in [4.69, 9.17) is 17.0 Å². The number of nitrogens with one attached hydrogen (secondary N) is 3. The summed E-state index contributed by atoms with van der Waals surface area (Å²) in [5.74, 6) is -0.369. The third-order valence-corrected chi connectivity index (χ3v) is 5.56. The van der Waals surface area contributed by atoms with E-state index in [9.17, 15) is 9.90 Å². The van der Waals surface area contributed by atoms with Gasteiger partial charge in [0.05, 0.1) is 6.61 Å². The van der Waals surface area contributed by atoms with Crippen molar-refractivity contribution in [2.75, 3.05) is 13.2 Å². The zero-order valence-electron chi connectivity index (χ0n) is 15.9. The number of guanidine groups is 1. The van der Waals surface area contributed by atoms with E-state index in [1.165, 1.54) is 0 Å². The first kappa shape index (κ1) is 20.7. The summed E-state index contributed by atoms with van der Waals surface area (Å²) in [5, 5.41) is 23.9. The first-order chi connectivity index (χ1) is 12.1. The standard InChI is InChI=1S/C19H29ClN4O2/c1-18(2)10-9-15(19(3,4)24(18)11-12-25)22-17(21)23-16(26)13-5-7-14(20)8-6-13/h5-8,15,25H,9-12H2,1-4H3,(H3,21,22,23,26). The second-order valence-corrected chi connectivity index (χ2v) is 8.35. The molecule has 1 saturated heterocycles. The minimum Gasteiger partial charge on any atom is -0.395 e. The van der Waals surface area contributed by atoms with Gasteiger partial charge >= 0.3 is 0 Å². The largest absolute Gasteiger partial charge is 0.395 e. The summed E-state index contributed by atoms with van der Waals surface area (Å²) in [5.41, 5.74) is 0.146. The highest BCUT2D eigenvalue weighted by atomic mass is 35.5. The summed E-state index contributed by atoms with van der Waals surface area (Å²) in [6, 6.07) is 6.53. The summed E-state index contributed by atoms with van der Waals surface area (Å²) in [4.78, 5) is 14.5. The fourth-order valence-corrected chi connectivity index (χ4v) is 4.02. The van der Waals surface area contributed by atoms with Crippen LogP contribution in [0.5, 0.6) is 0 Å². The normalized spacial score (nSPS) is 21.8. The van der Waals surface area contributed by atoms with Gasteiger partial charge < -0.3 is 10.4 Å². The lowest BCUT2D eigenvalue weighted by molar-refractivity contribution is -0.0526. The lowest BCUT2D eigenvalue weighted by Gasteiger charge is -2.56. The molecule has 1 aromatic carbocycles. The summed E-state index contributed by atoms with van der Waals surface area (Å²) >= 11 is 5.84. The Labute approximate surface area is 160 Å². The van der Waals surface area contributed by atoms with E-state index in [-0.39, 0.29) is 35.6 Å². The van der Waals surface area contributed by atoms with Crippen molar-refractivity contribution in [2.45, 2.75) is 57.7 Å². The van der Waals surface area contributed by atoms with Crippen LogP contribution < -0.4 is 10.6 Å². The van der Waals surface area contributed by atoms with Crippen molar-refractivity contribution in [3.8, 4) is 0 Å². The second kappa shape index (κ2) is 7.94. The highest BCUT2D eigenvalue weighted by Gasteiger charge is 2.46. The third-order valence-electron chi connectivity index (χ3n) is 5.31. The van der Waals surface area contributed by atoms with E-state index in [1.54, 1.807) is 24.3 Å². The van der Waals surface area contributed by atoms with Crippen LogP contribution in [0.25, 0.3) is 0 Å². The Kier molecular flexibility index (Phi) is 6.32. The predicted octanol–water partition coefficient (Wildman–Crippen LogP) is 2.61. The van der Waals surface area contributed by atoms with Crippen molar-refractivity contribution >= 4 is 23.5 Å². The maximum atomic E-state index is 12.3. The van der Waals surface area contributed by atoms with Gasteiger partial charge in [0, 0.05) is 34.3 Å². The Morgan fingerprint density at radius 2 is 1.92 bits per heavy atom. The molecule has 1 aliphatic rings. The fraction of sp³-hybridized carbons (Fsp3) is 0.579. The number of nitrogens with zero attached hydrogens (tertiary/aromatic N) is 1. The van der Waals surface area contributed by atoms with E-state index < -0.39 is 0 Å². The SMILES string of the molecule is CC1(C)CCC(NC(=N)NC(=O)c2ccc(Cl)cc2)C(C)(C)N1CCO. The van der Waals surface area contributed by atoms with Gasteiger partial charge in [0.1, 0.15) is 0 Å². The van der Waals surface area contributed by atoms with E-state index >= 15 is 0 Å². The molecule has 1 atom stereocenters. The van der Waals surface area contributed by atoms with Crippen LogP contribution in [0.4, 0.5) is 0 Å². The van der Waals surface area contributed by atoms with E-state index in [0.717, 1.165) is 12.8 Å². The van der Waals surface area contributed by atoms with Crippen LogP contribution in [0.3, 0.4) is 0 Å². The number of piperidine rings is 1. The van der Waals surface area contributed by atoms with Gasteiger partial charge in [-0.25, -0.2) is 0 Å². The maximum absolute atomic E-state index is 12.3. The fourth-order valence-electron chi connectivity index (χ4n) is 3.89. The Balaban J connectivity index is 2.03. The number of aliphatic hydroxyl groups excluding tert-OH is 1. The molecule has 1 aromatic rings. The van der Waals surface area contributed by atoms with Crippen LogP contribution in [0.15, 0.2) is 24.3 Å². The number of halogens is 1. The molecule has 0 saturated carbocycles. The number of carbonyl (C=O) groups excluding carboxylic acids is 1. The molecule has 1 amide bonds. The van der Waals surface area contributed by atoms with Crippen molar-refractivity contribution in [3.05, 3.63) is 34.9 Å². The van der Waals surface area contributed by atoms with Crippen LogP contribution >= 0.6 is 11.6 Å². The smallest absolute Gasteiger partial charge is 0.257 e. The number of benzene rings is 1. The topological polar surface area (TPSA) is 88.5 Å². The van der Waals surface area contributed by atoms with Crippen LogP contribution in [-0.2, 0) is 0 Å². The average Bonchev–Trinajstić information content (AvgIpc) is 2.55. The second-order valence-electron chi connectivity index (χ2n) is 7.91. The first-order valence-electron chi connectivity index (χ1n) is 8.88. The molecule has 0 radical (unpaired) electrons. The predicted molar refractivity (Wildman–Crippen MR) is 105 cm³/mol. The van der Waals surface area contributed by atoms with Crippen LogP contribution in [0, 0.1) is 5.41 Å². The zero-order valence-corrected chi connectivity index (χ0v) is 16.7. The van der Waals surface area contributed by atoms with Crippen LogP contribution in [0.2, 0.25) is 5.02 Å². The monoisotopic (exact) mass is 380 g/mol. The molecule has 0 spiro atoms. The van der Waals surface area contributed by atoms with Crippen molar-refractivity contribution in [1.82, 2.24) is 15.5 Å². The summed E-state index contributed by atoms with van der Waals surface area (Å²) < 4.78 is 0. The highest BCUT2D eigenvalue weighted by molar-refractivity contribution is 6.30. The molecule has 0 aliphatic carbocycles. The summed E-state index contributed by atoms with van der Waals surface area (Å²) in [6.07, 6.45) is 1.81. The minimum atomic E-state index is -0.347. The third kappa shape index (κ3) is 4.55. The Morgan fingerprint density at radius 1 is 1.31 bits per heavy atom. The van der Waals surface area contributed by atoms with Crippen molar-refractivity contribution in [2.24, 2.45) is 0 Å². The Bertz CT molecular complexity index is 658. The Morgan fingerprint density at radius 3 is 2.50 bits per heavy atom. The number of hydrogen-bond acceptors (Lipinski definition) is 4. The lowest BCUT2D eigenvalue weighted by Crippen LogP contribution is -2.69. The summed E-state index contributed by atoms with van der Waals surface area (Å²) in [6.45, 7) is 9.22. The molecule has 7 heteroatoms. The molecule has 0 aromatic heterocycles. The molecular formula is C19H29ClN4O2. The Hall–Kier alpha value is -1.63. The zero-order chi connectivity index (χ0) is 19.5. The van der Waals surface area contributed by atoms with Gasteiger partial charge in [-0.05, 0) is 64.8 Å². The van der Waals surface area contributed by atoms with Gasteiger partial charge in [-0.1, -0.05) is 11.6 Å². The molecule has 6 nitrogen and oxygen atoms in total. The quantitative estimate of drug-likeness (QED) is 0.477. The van der Waals surface area contributed by atoms with Gasteiger partial charge in [0.25, 0.3) is 5.91 Å². The first-order valence-corrected chi connectivity index (χ1v) is 9.26. The maximum Gasteiger partial charge on any atom is 0.257 e. The van der Waals surface area contributed by atoms with Gasteiger partial charge in [-0.2, -0.15) is 0 Å².